The van der Waals surface area contributed by atoms with Crippen LogP contribution in [0.5, 0.6) is 5.75 Å². The zero-order valence-electron chi connectivity index (χ0n) is 18.1. The molecule has 0 saturated carbocycles. The minimum absolute atomic E-state index is 0.0534. The Morgan fingerprint density at radius 3 is 2.78 bits per heavy atom. The minimum atomic E-state index is -0.884. The Morgan fingerprint density at radius 1 is 1.19 bits per heavy atom. The summed E-state index contributed by atoms with van der Waals surface area (Å²) >= 11 is 1.75. The topological polar surface area (TPSA) is 54.9 Å². The number of likely N-dealkylation sites (tertiary alicyclic amines) is 1. The van der Waals surface area contributed by atoms with Gasteiger partial charge in [-0.15, -0.1) is 11.3 Å². The Kier molecular flexibility index (Phi) is 5.95. The van der Waals surface area contributed by atoms with Crippen molar-refractivity contribution in [1.82, 2.24) is 14.8 Å². The lowest BCUT2D eigenvalue weighted by molar-refractivity contribution is -0.173. The first-order chi connectivity index (χ1) is 15.7. The first kappa shape index (κ1) is 21.1. The second kappa shape index (κ2) is 9.02. The molecule has 2 fully saturated rings. The number of ether oxygens (including phenoxy) is 2. The number of aromatic nitrogens is 1. The van der Waals surface area contributed by atoms with Crippen LogP contribution in [0.1, 0.15) is 21.9 Å². The molecule has 6 nitrogen and oxygen atoms in total. The zero-order chi connectivity index (χ0) is 22.0. The van der Waals surface area contributed by atoms with Gasteiger partial charge in [-0.3, -0.25) is 14.7 Å². The predicted octanol–water partition coefficient (Wildman–Crippen LogP) is 3.55. The lowest BCUT2D eigenvalue weighted by Crippen LogP contribution is -2.59. The van der Waals surface area contributed by atoms with Gasteiger partial charge in [0.1, 0.15) is 5.75 Å². The van der Waals surface area contributed by atoms with Gasteiger partial charge < -0.3 is 14.4 Å². The van der Waals surface area contributed by atoms with E-state index in [1.54, 1.807) is 24.6 Å². The van der Waals surface area contributed by atoms with Gasteiger partial charge in [0.25, 0.3) is 5.91 Å². The fraction of sp³-hybridized carbons (Fsp3) is 0.360. The fourth-order valence-corrected chi connectivity index (χ4v) is 5.59. The summed E-state index contributed by atoms with van der Waals surface area (Å²) in [5, 5.41) is 2.10. The van der Waals surface area contributed by atoms with Crippen LogP contribution in [-0.4, -0.2) is 59.6 Å². The minimum Gasteiger partial charge on any atom is -0.497 e. The van der Waals surface area contributed by atoms with Gasteiger partial charge in [0.05, 0.1) is 13.7 Å². The normalized spacial score (nSPS) is 23.7. The molecule has 5 rings (SSSR count). The van der Waals surface area contributed by atoms with Crippen LogP contribution < -0.4 is 4.74 Å². The molecule has 1 spiro atoms. The lowest BCUT2D eigenvalue weighted by atomic mass is 9.83. The second-order valence-electron chi connectivity index (χ2n) is 8.40. The summed E-state index contributed by atoms with van der Waals surface area (Å²) in [5.41, 5.74) is 1.26. The molecular weight excluding hydrogens is 422 g/mol. The molecule has 1 amide bonds. The highest BCUT2D eigenvalue weighted by atomic mass is 32.1. The first-order valence-electron chi connectivity index (χ1n) is 10.9. The van der Waals surface area contributed by atoms with E-state index in [-0.39, 0.29) is 11.8 Å². The predicted molar refractivity (Wildman–Crippen MR) is 124 cm³/mol. The molecule has 2 saturated heterocycles. The number of nitrogens with zero attached hydrogens (tertiary/aromatic N) is 3. The number of carbonyl (C=O) groups is 1. The molecular formula is C25H27N3O3S. The van der Waals surface area contributed by atoms with Crippen LogP contribution in [-0.2, 0) is 22.6 Å². The largest absolute Gasteiger partial charge is 0.497 e. The molecule has 0 radical (unpaired) electrons. The van der Waals surface area contributed by atoms with Crippen molar-refractivity contribution < 1.29 is 14.3 Å². The van der Waals surface area contributed by atoms with Crippen molar-refractivity contribution in [2.24, 2.45) is 0 Å². The van der Waals surface area contributed by atoms with Gasteiger partial charge in [-0.05, 0) is 40.8 Å². The maximum absolute atomic E-state index is 13.9. The van der Waals surface area contributed by atoms with Crippen molar-refractivity contribution >= 4 is 17.2 Å². The van der Waals surface area contributed by atoms with E-state index in [4.69, 9.17) is 9.47 Å². The Morgan fingerprint density at radius 2 is 2.06 bits per heavy atom. The second-order valence-corrected chi connectivity index (χ2v) is 9.43. The Labute approximate surface area is 192 Å². The Bertz CT molecular complexity index is 1040. The fourth-order valence-electron chi connectivity index (χ4n) is 4.85. The highest BCUT2D eigenvalue weighted by Gasteiger charge is 2.57. The third kappa shape index (κ3) is 4.03. The average Bonchev–Trinajstić information content (AvgIpc) is 3.47. The van der Waals surface area contributed by atoms with Gasteiger partial charge in [-0.2, -0.15) is 0 Å². The molecule has 0 aliphatic carbocycles. The van der Waals surface area contributed by atoms with E-state index in [0.29, 0.717) is 26.2 Å². The molecule has 2 aromatic heterocycles. The number of amides is 1. The summed E-state index contributed by atoms with van der Waals surface area (Å²) in [5.74, 6) is 0.833. The summed E-state index contributed by atoms with van der Waals surface area (Å²) in [4.78, 5) is 23.9. The molecule has 0 unspecified atom stereocenters. The van der Waals surface area contributed by atoms with Gasteiger partial charge in [0.15, 0.2) is 5.60 Å². The number of carbonyl (C=O) groups excluding carboxylic acids is 1. The zero-order valence-corrected chi connectivity index (χ0v) is 19.0. The average molecular weight is 450 g/mol. The van der Waals surface area contributed by atoms with Gasteiger partial charge in [-0.1, -0.05) is 24.3 Å². The van der Waals surface area contributed by atoms with Crippen molar-refractivity contribution in [3.05, 3.63) is 82.3 Å². The summed E-state index contributed by atoms with van der Waals surface area (Å²) in [6, 6.07) is 16.1. The number of pyridine rings is 1. The third-order valence-electron chi connectivity index (χ3n) is 6.41. The Hall–Kier alpha value is -2.74. The smallest absolute Gasteiger partial charge is 0.257 e. The van der Waals surface area contributed by atoms with E-state index in [0.717, 1.165) is 30.0 Å². The maximum Gasteiger partial charge on any atom is 0.257 e. The van der Waals surface area contributed by atoms with E-state index in [9.17, 15) is 4.79 Å². The van der Waals surface area contributed by atoms with Crippen LogP contribution in [0.4, 0.5) is 0 Å². The maximum atomic E-state index is 13.9. The Balaban J connectivity index is 1.42. The molecule has 4 heterocycles. The van der Waals surface area contributed by atoms with Crippen LogP contribution in [0.2, 0.25) is 0 Å². The molecule has 166 valence electrons. The van der Waals surface area contributed by atoms with Crippen LogP contribution in [0, 0.1) is 0 Å². The highest BCUT2D eigenvalue weighted by molar-refractivity contribution is 7.09. The highest BCUT2D eigenvalue weighted by Crippen LogP contribution is 2.42. The number of thiophene rings is 1. The lowest BCUT2D eigenvalue weighted by Gasteiger charge is -2.42. The molecule has 2 atom stereocenters. The van der Waals surface area contributed by atoms with Crippen LogP contribution in [0.3, 0.4) is 0 Å². The summed E-state index contributed by atoms with van der Waals surface area (Å²) in [6.45, 7) is 3.88. The van der Waals surface area contributed by atoms with Crippen LogP contribution in [0.25, 0.3) is 0 Å². The number of morpholine rings is 1. The monoisotopic (exact) mass is 449 g/mol. The molecule has 0 bridgehead atoms. The van der Waals surface area contributed by atoms with E-state index >= 15 is 0 Å². The summed E-state index contributed by atoms with van der Waals surface area (Å²) in [7, 11) is 1.66. The van der Waals surface area contributed by atoms with Crippen LogP contribution >= 0.6 is 11.3 Å². The molecule has 2 aliphatic heterocycles. The van der Waals surface area contributed by atoms with Crippen LogP contribution in [0.15, 0.2) is 66.3 Å². The van der Waals surface area contributed by atoms with Crippen molar-refractivity contribution in [2.45, 2.75) is 24.6 Å². The van der Waals surface area contributed by atoms with Gasteiger partial charge in [0.2, 0.25) is 0 Å². The standard InChI is InChI=1S/C25H27N3O3S/c1-30-21-8-6-19(7-9-21)15-28-11-12-31-25(24(28)29)18-27(16-22-5-3-13-32-22)17-23(25)20-4-2-10-26-14-20/h2-10,13-14,23H,11-12,15-18H2,1H3/t23-,25-/m1/s1. The number of benzene rings is 1. The molecule has 1 aromatic carbocycles. The summed E-state index contributed by atoms with van der Waals surface area (Å²) < 4.78 is 11.6. The molecule has 2 aliphatic rings. The molecule has 7 heteroatoms. The molecule has 3 aromatic rings. The van der Waals surface area contributed by atoms with E-state index in [1.807, 2.05) is 41.4 Å². The molecule has 0 N–H and O–H groups in total. The number of rotatable bonds is 6. The van der Waals surface area contributed by atoms with E-state index in [1.165, 1.54) is 4.88 Å². The number of methoxy groups -OCH3 is 1. The van der Waals surface area contributed by atoms with Gasteiger partial charge in [0, 0.05) is 55.9 Å². The van der Waals surface area contributed by atoms with Crippen molar-refractivity contribution in [2.75, 3.05) is 33.4 Å². The number of hydrogen-bond donors (Lipinski definition) is 0. The SMILES string of the molecule is COc1ccc(CN2CCO[C@@]3(CN(Cc4cccs4)C[C@@H]3c3cccnc3)C2=O)cc1. The molecule has 32 heavy (non-hydrogen) atoms. The van der Waals surface area contributed by atoms with E-state index in [2.05, 4.69) is 33.5 Å². The first-order valence-corrected chi connectivity index (χ1v) is 11.8. The van der Waals surface area contributed by atoms with Gasteiger partial charge >= 0.3 is 0 Å². The third-order valence-corrected chi connectivity index (χ3v) is 7.27. The van der Waals surface area contributed by atoms with Gasteiger partial charge in [-0.25, -0.2) is 0 Å². The van der Waals surface area contributed by atoms with E-state index < -0.39 is 5.60 Å². The summed E-state index contributed by atoms with van der Waals surface area (Å²) in [6.07, 6.45) is 3.65. The van der Waals surface area contributed by atoms with Crippen molar-refractivity contribution in [1.29, 1.82) is 0 Å². The van der Waals surface area contributed by atoms with Crippen molar-refractivity contribution in [3.63, 3.8) is 0 Å². The quantitative estimate of drug-likeness (QED) is 0.576. The van der Waals surface area contributed by atoms with Crippen molar-refractivity contribution in [3.8, 4) is 5.75 Å². The number of hydrogen-bond acceptors (Lipinski definition) is 6.